The standard InChI is InChI=1S/C26H24Cl2N2O4/c1-16(2)21-9-7-17(3)11-24(21)33-15-25(31)30-29-14-18-5-4-6-20(12-18)34-26(32)22-10-8-19(27)13-23(22)28/h4-14,16H,15H2,1-3H3,(H,30,31). The predicted molar refractivity (Wildman–Crippen MR) is 134 cm³/mol. The van der Waals surface area contributed by atoms with Crippen LogP contribution in [-0.2, 0) is 4.79 Å². The topological polar surface area (TPSA) is 77.0 Å². The number of carbonyl (C=O) groups is 2. The normalized spacial score (nSPS) is 11.0. The summed E-state index contributed by atoms with van der Waals surface area (Å²) in [6, 6.07) is 17.1. The van der Waals surface area contributed by atoms with Gasteiger partial charge < -0.3 is 9.47 Å². The molecule has 0 radical (unpaired) electrons. The first-order chi connectivity index (χ1) is 16.2. The Balaban J connectivity index is 1.56. The van der Waals surface area contributed by atoms with Crippen molar-refractivity contribution < 1.29 is 19.1 Å². The molecular weight excluding hydrogens is 475 g/mol. The first-order valence-electron chi connectivity index (χ1n) is 10.6. The van der Waals surface area contributed by atoms with Crippen LogP contribution in [0.5, 0.6) is 11.5 Å². The molecule has 0 saturated carbocycles. The summed E-state index contributed by atoms with van der Waals surface area (Å²) in [7, 11) is 0. The highest BCUT2D eigenvalue weighted by Gasteiger charge is 2.13. The fourth-order valence-electron chi connectivity index (χ4n) is 3.07. The van der Waals surface area contributed by atoms with Crippen molar-refractivity contribution in [2.45, 2.75) is 26.7 Å². The molecule has 0 aliphatic rings. The highest BCUT2D eigenvalue weighted by molar-refractivity contribution is 6.36. The van der Waals surface area contributed by atoms with E-state index in [9.17, 15) is 9.59 Å². The van der Waals surface area contributed by atoms with Crippen molar-refractivity contribution in [3.63, 3.8) is 0 Å². The Morgan fingerprint density at radius 1 is 1.06 bits per heavy atom. The third kappa shape index (κ3) is 7.07. The number of esters is 1. The lowest BCUT2D eigenvalue weighted by Gasteiger charge is -2.14. The lowest BCUT2D eigenvalue weighted by Crippen LogP contribution is -2.25. The summed E-state index contributed by atoms with van der Waals surface area (Å²) in [5.41, 5.74) is 5.34. The van der Waals surface area contributed by atoms with Gasteiger partial charge in [0.2, 0.25) is 0 Å². The number of hydrazone groups is 1. The highest BCUT2D eigenvalue weighted by atomic mass is 35.5. The molecule has 176 valence electrons. The summed E-state index contributed by atoms with van der Waals surface area (Å²) >= 11 is 11.9. The average molecular weight is 499 g/mol. The number of nitrogens with zero attached hydrogens (tertiary/aromatic N) is 1. The number of aryl methyl sites for hydroxylation is 1. The van der Waals surface area contributed by atoms with E-state index in [-0.39, 0.29) is 23.1 Å². The van der Waals surface area contributed by atoms with E-state index in [1.54, 1.807) is 30.3 Å². The predicted octanol–water partition coefficient (Wildman–Crippen LogP) is 6.17. The van der Waals surface area contributed by atoms with E-state index in [0.29, 0.717) is 22.1 Å². The molecule has 34 heavy (non-hydrogen) atoms. The van der Waals surface area contributed by atoms with Crippen LogP contribution in [0.25, 0.3) is 0 Å². The van der Waals surface area contributed by atoms with Crippen LogP contribution in [0, 0.1) is 6.92 Å². The molecule has 1 N–H and O–H groups in total. The van der Waals surface area contributed by atoms with Gasteiger partial charge >= 0.3 is 5.97 Å². The van der Waals surface area contributed by atoms with Gasteiger partial charge in [-0.25, -0.2) is 10.2 Å². The number of nitrogens with one attached hydrogen (secondary N) is 1. The molecule has 0 fully saturated rings. The number of hydrogen-bond donors (Lipinski definition) is 1. The third-order valence-electron chi connectivity index (χ3n) is 4.77. The molecular formula is C26H24Cl2N2O4. The minimum atomic E-state index is -0.613. The van der Waals surface area contributed by atoms with Crippen molar-refractivity contribution in [3.8, 4) is 11.5 Å². The molecule has 0 spiro atoms. The number of hydrogen-bond acceptors (Lipinski definition) is 5. The number of halogens is 2. The molecule has 3 rings (SSSR count). The van der Waals surface area contributed by atoms with Gasteiger partial charge in [-0.05, 0) is 65.9 Å². The fraction of sp³-hybridized carbons (Fsp3) is 0.192. The summed E-state index contributed by atoms with van der Waals surface area (Å²) in [5, 5.41) is 4.57. The maximum atomic E-state index is 12.4. The van der Waals surface area contributed by atoms with Gasteiger partial charge in [-0.3, -0.25) is 4.79 Å². The first-order valence-corrected chi connectivity index (χ1v) is 11.3. The number of rotatable bonds is 8. The number of benzene rings is 3. The van der Waals surface area contributed by atoms with Gasteiger partial charge in [0, 0.05) is 5.02 Å². The fourth-order valence-corrected chi connectivity index (χ4v) is 3.56. The van der Waals surface area contributed by atoms with Crippen LogP contribution < -0.4 is 14.9 Å². The summed E-state index contributed by atoms with van der Waals surface area (Å²) in [5.74, 6) is 0.249. The van der Waals surface area contributed by atoms with Crippen LogP contribution in [0.15, 0.2) is 65.8 Å². The number of amides is 1. The van der Waals surface area contributed by atoms with Crippen molar-refractivity contribution in [2.75, 3.05) is 6.61 Å². The zero-order chi connectivity index (χ0) is 24.7. The molecule has 0 aliphatic heterocycles. The van der Waals surface area contributed by atoms with Crippen LogP contribution in [0.2, 0.25) is 10.0 Å². The Labute approximate surface area is 208 Å². The van der Waals surface area contributed by atoms with Crippen LogP contribution in [0.3, 0.4) is 0 Å². The number of ether oxygens (including phenoxy) is 2. The van der Waals surface area contributed by atoms with E-state index in [0.717, 1.165) is 11.1 Å². The summed E-state index contributed by atoms with van der Waals surface area (Å²) in [6.07, 6.45) is 1.44. The van der Waals surface area contributed by atoms with Crippen molar-refractivity contribution in [1.29, 1.82) is 0 Å². The molecule has 0 atom stereocenters. The van der Waals surface area contributed by atoms with Gasteiger partial charge in [0.1, 0.15) is 11.5 Å². The molecule has 0 saturated heterocycles. The molecule has 0 heterocycles. The lowest BCUT2D eigenvalue weighted by atomic mass is 10.0. The average Bonchev–Trinajstić information content (AvgIpc) is 2.77. The van der Waals surface area contributed by atoms with Gasteiger partial charge in [-0.1, -0.05) is 61.3 Å². The van der Waals surface area contributed by atoms with E-state index < -0.39 is 11.9 Å². The largest absolute Gasteiger partial charge is 0.483 e. The molecule has 0 aromatic heterocycles. The van der Waals surface area contributed by atoms with E-state index in [2.05, 4.69) is 24.4 Å². The lowest BCUT2D eigenvalue weighted by molar-refractivity contribution is -0.123. The molecule has 1 amide bonds. The van der Waals surface area contributed by atoms with Gasteiger partial charge in [-0.15, -0.1) is 0 Å². The summed E-state index contributed by atoms with van der Waals surface area (Å²) < 4.78 is 11.1. The molecule has 0 bridgehead atoms. The molecule has 3 aromatic rings. The molecule has 8 heteroatoms. The smallest absolute Gasteiger partial charge is 0.345 e. The molecule has 0 unspecified atom stereocenters. The Kier molecular flexibility index (Phi) is 8.68. The van der Waals surface area contributed by atoms with Crippen LogP contribution >= 0.6 is 23.2 Å². The van der Waals surface area contributed by atoms with E-state index in [1.165, 1.54) is 18.3 Å². The van der Waals surface area contributed by atoms with Crippen molar-refractivity contribution in [3.05, 3.63) is 93.0 Å². The maximum absolute atomic E-state index is 12.4. The highest BCUT2D eigenvalue weighted by Crippen LogP contribution is 2.27. The van der Waals surface area contributed by atoms with Crippen LogP contribution in [-0.4, -0.2) is 24.7 Å². The van der Waals surface area contributed by atoms with Gasteiger partial charge in [0.05, 0.1) is 16.8 Å². The first kappa shape index (κ1) is 25.3. The summed E-state index contributed by atoms with van der Waals surface area (Å²) in [4.78, 5) is 24.5. The van der Waals surface area contributed by atoms with Crippen molar-refractivity contribution >= 4 is 41.3 Å². The molecule has 0 aliphatic carbocycles. The summed E-state index contributed by atoms with van der Waals surface area (Å²) in [6.45, 7) is 5.94. The second-order valence-corrected chi connectivity index (χ2v) is 8.71. The van der Waals surface area contributed by atoms with E-state index in [1.807, 2.05) is 25.1 Å². The van der Waals surface area contributed by atoms with E-state index in [4.69, 9.17) is 32.7 Å². The Morgan fingerprint density at radius 2 is 1.85 bits per heavy atom. The van der Waals surface area contributed by atoms with Gasteiger partial charge in [-0.2, -0.15) is 5.10 Å². The van der Waals surface area contributed by atoms with Crippen LogP contribution in [0.1, 0.15) is 46.8 Å². The van der Waals surface area contributed by atoms with Gasteiger partial charge in [0.15, 0.2) is 6.61 Å². The minimum Gasteiger partial charge on any atom is -0.483 e. The van der Waals surface area contributed by atoms with E-state index >= 15 is 0 Å². The Morgan fingerprint density at radius 3 is 2.59 bits per heavy atom. The zero-order valence-electron chi connectivity index (χ0n) is 19.0. The Bertz CT molecular complexity index is 1230. The van der Waals surface area contributed by atoms with Crippen molar-refractivity contribution in [1.82, 2.24) is 5.43 Å². The SMILES string of the molecule is Cc1ccc(C(C)C)c(OCC(=O)NN=Cc2cccc(OC(=O)c3ccc(Cl)cc3Cl)c2)c1. The van der Waals surface area contributed by atoms with Crippen molar-refractivity contribution in [2.24, 2.45) is 5.10 Å². The third-order valence-corrected chi connectivity index (χ3v) is 5.32. The maximum Gasteiger partial charge on any atom is 0.345 e. The second kappa shape index (κ2) is 11.7. The quantitative estimate of drug-likeness (QED) is 0.174. The minimum absolute atomic E-state index is 0.167. The second-order valence-electron chi connectivity index (χ2n) is 7.86. The molecule has 3 aromatic carbocycles. The Hall–Kier alpha value is -3.35. The zero-order valence-corrected chi connectivity index (χ0v) is 20.5. The number of carbonyl (C=O) groups excluding carboxylic acids is 2. The van der Waals surface area contributed by atoms with Gasteiger partial charge in [0.25, 0.3) is 5.91 Å². The van der Waals surface area contributed by atoms with Crippen LogP contribution in [0.4, 0.5) is 0 Å². The molecule has 6 nitrogen and oxygen atoms in total. The monoisotopic (exact) mass is 498 g/mol.